The van der Waals surface area contributed by atoms with Gasteiger partial charge in [-0.25, -0.2) is 4.39 Å². The lowest BCUT2D eigenvalue weighted by Crippen LogP contribution is -2.46. The van der Waals surface area contributed by atoms with E-state index in [4.69, 9.17) is 5.73 Å². The molecule has 1 fully saturated rings. The van der Waals surface area contributed by atoms with Gasteiger partial charge >= 0.3 is 0 Å². The summed E-state index contributed by atoms with van der Waals surface area (Å²) in [5.74, 6) is -0.517. The van der Waals surface area contributed by atoms with Crippen LogP contribution in [0.5, 0.6) is 0 Å². The van der Waals surface area contributed by atoms with E-state index < -0.39 is 11.6 Å². The van der Waals surface area contributed by atoms with Crippen LogP contribution in [0.2, 0.25) is 0 Å². The van der Waals surface area contributed by atoms with Crippen LogP contribution in [0.15, 0.2) is 24.3 Å². The van der Waals surface area contributed by atoms with Crippen LogP contribution < -0.4 is 11.1 Å². The zero-order valence-corrected chi connectivity index (χ0v) is 12.0. The molecule has 20 heavy (non-hydrogen) atoms. The first kappa shape index (κ1) is 14.8. The maximum atomic E-state index is 15.1. The van der Waals surface area contributed by atoms with E-state index in [1.54, 1.807) is 31.2 Å². The Balaban J connectivity index is 2.12. The molecule has 0 radical (unpaired) electrons. The molecule has 0 aromatic heterocycles. The topological polar surface area (TPSA) is 55.1 Å². The second-order valence-electron chi connectivity index (χ2n) is 5.59. The quantitative estimate of drug-likeness (QED) is 0.830. The number of alkyl halides is 1. The maximum Gasteiger partial charge on any atom is 0.262 e. The molecule has 1 saturated carbocycles. The number of nitrogen functional groups attached to an aromatic ring is 1. The first-order valence-electron chi connectivity index (χ1n) is 7.42. The van der Waals surface area contributed by atoms with E-state index in [0.717, 1.165) is 25.7 Å². The molecule has 110 valence electrons. The predicted molar refractivity (Wildman–Crippen MR) is 78.9 cm³/mol. The van der Waals surface area contributed by atoms with Crippen LogP contribution in [-0.2, 0) is 10.5 Å². The average molecular weight is 278 g/mol. The zero-order valence-electron chi connectivity index (χ0n) is 12.0. The van der Waals surface area contributed by atoms with Crippen LogP contribution in [0, 0.1) is 0 Å². The number of benzene rings is 1. The summed E-state index contributed by atoms with van der Waals surface area (Å²) in [5, 5.41) is 2.88. The van der Waals surface area contributed by atoms with Crippen LogP contribution in [0.1, 0.15) is 51.0 Å². The number of amides is 1. The van der Waals surface area contributed by atoms with E-state index in [9.17, 15) is 4.79 Å². The van der Waals surface area contributed by atoms with E-state index in [1.807, 2.05) is 0 Å². The maximum absolute atomic E-state index is 15.1. The lowest BCUT2D eigenvalue weighted by molar-refractivity contribution is -0.134. The summed E-state index contributed by atoms with van der Waals surface area (Å²) >= 11 is 0. The van der Waals surface area contributed by atoms with Gasteiger partial charge in [-0.05, 0) is 37.0 Å². The lowest BCUT2D eigenvalue weighted by Gasteiger charge is -2.29. The summed E-state index contributed by atoms with van der Waals surface area (Å²) in [6, 6.07) is 6.57. The number of hydrogen-bond acceptors (Lipinski definition) is 2. The third kappa shape index (κ3) is 3.11. The van der Waals surface area contributed by atoms with Crippen molar-refractivity contribution in [3.63, 3.8) is 0 Å². The minimum Gasteiger partial charge on any atom is -0.399 e. The molecule has 0 saturated heterocycles. The summed E-state index contributed by atoms with van der Waals surface area (Å²) in [4.78, 5) is 12.3. The molecule has 2 rings (SSSR count). The van der Waals surface area contributed by atoms with Gasteiger partial charge in [0.2, 0.25) is 5.67 Å². The molecule has 1 aromatic rings. The molecule has 1 unspecified atom stereocenters. The van der Waals surface area contributed by atoms with E-state index in [1.165, 1.54) is 6.42 Å². The third-order valence-corrected chi connectivity index (χ3v) is 4.16. The Labute approximate surface area is 119 Å². The van der Waals surface area contributed by atoms with E-state index >= 15 is 4.39 Å². The van der Waals surface area contributed by atoms with Crippen LogP contribution >= 0.6 is 0 Å². The number of carbonyl (C=O) groups excluding carboxylic acids is 1. The van der Waals surface area contributed by atoms with Gasteiger partial charge in [0.05, 0.1) is 0 Å². The molecule has 4 heteroatoms. The van der Waals surface area contributed by atoms with Crippen molar-refractivity contribution >= 4 is 11.6 Å². The van der Waals surface area contributed by atoms with Crippen molar-refractivity contribution in [1.82, 2.24) is 5.32 Å². The molecule has 1 amide bonds. The fourth-order valence-corrected chi connectivity index (χ4v) is 2.79. The number of nitrogens with two attached hydrogens (primary N) is 1. The molecule has 3 N–H and O–H groups in total. The van der Waals surface area contributed by atoms with Gasteiger partial charge in [0.15, 0.2) is 0 Å². The predicted octanol–water partition coefficient (Wildman–Crippen LogP) is 3.29. The van der Waals surface area contributed by atoms with Gasteiger partial charge in [-0.15, -0.1) is 0 Å². The Kier molecular flexibility index (Phi) is 4.63. The minimum atomic E-state index is -1.97. The van der Waals surface area contributed by atoms with Crippen molar-refractivity contribution in [3.8, 4) is 0 Å². The number of nitrogens with one attached hydrogen (secondary N) is 1. The van der Waals surface area contributed by atoms with Crippen molar-refractivity contribution in [3.05, 3.63) is 29.8 Å². The SMILES string of the molecule is CCC(F)(C(=O)NC1CCCCC1)c1ccc(N)cc1. The Morgan fingerprint density at radius 1 is 1.30 bits per heavy atom. The number of carbonyl (C=O) groups is 1. The first-order valence-corrected chi connectivity index (χ1v) is 7.42. The third-order valence-electron chi connectivity index (χ3n) is 4.16. The molecule has 1 aromatic carbocycles. The van der Waals surface area contributed by atoms with Crippen molar-refractivity contribution in [2.45, 2.75) is 57.2 Å². The molecular weight excluding hydrogens is 255 g/mol. The fourth-order valence-electron chi connectivity index (χ4n) is 2.79. The first-order chi connectivity index (χ1) is 9.56. The number of rotatable bonds is 4. The summed E-state index contributed by atoms with van der Waals surface area (Å²) in [7, 11) is 0. The summed E-state index contributed by atoms with van der Waals surface area (Å²) in [6.45, 7) is 1.69. The zero-order chi connectivity index (χ0) is 14.6. The number of hydrogen-bond donors (Lipinski definition) is 2. The van der Waals surface area contributed by atoms with Crippen LogP contribution in [0.3, 0.4) is 0 Å². The highest BCUT2D eigenvalue weighted by atomic mass is 19.1. The highest BCUT2D eigenvalue weighted by Crippen LogP contribution is 2.31. The normalized spacial score (nSPS) is 19.3. The van der Waals surface area contributed by atoms with Crippen LogP contribution in [0.25, 0.3) is 0 Å². The van der Waals surface area contributed by atoms with Crippen LogP contribution in [0.4, 0.5) is 10.1 Å². The van der Waals surface area contributed by atoms with Gasteiger partial charge in [0.1, 0.15) is 0 Å². The summed E-state index contributed by atoms with van der Waals surface area (Å²) in [6.07, 6.45) is 5.45. The number of halogens is 1. The van der Waals surface area contributed by atoms with Crippen molar-refractivity contribution < 1.29 is 9.18 Å². The van der Waals surface area contributed by atoms with Crippen LogP contribution in [-0.4, -0.2) is 11.9 Å². The molecule has 3 nitrogen and oxygen atoms in total. The molecule has 0 aliphatic heterocycles. The van der Waals surface area contributed by atoms with E-state index in [2.05, 4.69) is 5.32 Å². The van der Waals surface area contributed by atoms with Crippen molar-refractivity contribution in [2.75, 3.05) is 5.73 Å². The molecule has 1 atom stereocenters. The monoisotopic (exact) mass is 278 g/mol. The van der Waals surface area contributed by atoms with Gasteiger partial charge in [0.25, 0.3) is 5.91 Å². The van der Waals surface area contributed by atoms with Gasteiger partial charge in [-0.2, -0.15) is 0 Å². The number of anilines is 1. The molecule has 0 bridgehead atoms. The Bertz CT molecular complexity index is 454. The smallest absolute Gasteiger partial charge is 0.262 e. The average Bonchev–Trinajstić information content (AvgIpc) is 2.48. The van der Waals surface area contributed by atoms with E-state index in [-0.39, 0.29) is 12.5 Å². The fraction of sp³-hybridized carbons (Fsp3) is 0.562. The molecule has 0 spiro atoms. The summed E-state index contributed by atoms with van der Waals surface area (Å²) < 4.78 is 15.1. The van der Waals surface area contributed by atoms with Gasteiger partial charge < -0.3 is 11.1 Å². The second-order valence-corrected chi connectivity index (χ2v) is 5.59. The minimum absolute atomic E-state index is 0.117. The highest BCUT2D eigenvalue weighted by Gasteiger charge is 2.39. The van der Waals surface area contributed by atoms with Gasteiger partial charge in [-0.3, -0.25) is 4.79 Å². The Morgan fingerprint density at radius 3 is 2.45 bits per heavy atom. The molecule has 0 heterocycles. The molecule has 1 aliphatic carbocycles. The van der Waals surface area contributed by atoms with Crippen molar-refractivity contribution in [2.24, 2.45) is 0 Å². The van der Waals surface area contributed by atoms with E-state index in [0.29, 0.717) is 11.3 Å². The molecule has 1 aliphatic rings. The second kappa shape index (κ2) is 6.25. The highest BCUT2D eigenvalue weighted by molar-refractivity contribution is 5.86. The standard InChI is InChI=1S/C16H23FN2O/c1-2-16(17,12-8-10-13(18)11-9-12)15(20)19-14-6-4-3-5-7-14/h8-11,14H,2-7,18H2,1H3,(H,19,20). The van der Waals surface area contributed by atoms with Gasteiger partial charge in [0, 0.05) is 11.7 Å². The van der Waals surface area contributed by atoms with Crippen molar-refractivity contribution in [1.29, 1.82) is 0 Å². The largest absolute Gasteiger partial charge is 0.399 e. The Hall–Kier alpha value is -1.58. The molecular formula is C16H23FN2O. The lowest BCUT2D eigenvalue weighted by atomic mass is 9.90. The Morgan fingerprint density at radius 2 is 1.90 bits per heavy atom. The van der Waals surface area contributed by atoms with Gasteiger partial charge in [-0.1, -0.05) is 38.3 Å². The summed E-state index contributed by atoms with van der Waals surface area (Å²) in [5.41, 5.74) is 4.59.